The fourth-order valence-corrected chi connectivity index (χ4v) is 3.04. The summed E-state index contributed by atoms with van der Waals surface area (Å²) in [6.45, 7) is 6.42. The van der Waals surface area contributed by atoms with Crippen molar-refractivity contribution >= 4 is 29.9 Å². The molecule has 17 heavy (non-hydrogen) atoms. The van der Waals surface area contributed by atoms with Crippen LogP contribution in [0.15, 0.2) is 11.4 Å². The van der Waals surface area contributed by atoms with Crippen LogP contribution in [0, 0.1) is 5.41 Å². The van der Waals surface area contributed by atoms with E-state index in [1.165, 1.54) is 11.2 Å². The summed E-state index contributed by atoms with van der Waals surface area (Å²) in [6.07, 6.45) is 3.46. The molecule has 1 aromatic heterocycles. The molecule has 2 nitrogen and oxygen atoms in total. The third kappa shape index (κ3) is 3.12. The third-order valence-corrected chi connectivity index (χ3v) is 4.47. The highest BCUT2D eigenvalue weighted by Crippen LogP contribution is 2.30. The highest BCUT2D eigenvalue weighted by atomic mass is 32.1. The molecular weight excluding hydrogens is 229 g/mol. The Balaban J connectivity index is 2.05. The topological polar surface area (TPSA) is 20.3 Å². The Morgan fingerprint density at radius 2 is 2.18 bits per heavy atom. The number of carbonyl (C=O) groups excluding carboxylic acids is 1. The van der Waals surface area contributed by atoms with Crippen molar-refractivity contribution in [2.75, 3.05) is 13.1 Å². The number of hydrogen-bond donors (Lipinski definition) is 0. The molecule has 1 aliphatic rings. The van der Waals surface area contributed by atoms with Crippen LogP contribution in [0.3, 0.4) is 0 Å². The van der Waals surface area contributed by atoms with E-state index in [1.54, 1.807) is 11.3 Å². The smallest absolute Gasteiger partial charge is 0.254 e. The van der Waals surface area contributed by atoms with Gasteiger partial charge in [-0.1, -0.05) is 13.8 Å². The second-order valence-electron chi connectivity index (χ2n) is 5.76. The Morgan fingerprint density at radius 3 is 2.82 bits per heavy atom. The summed E-state index contributed by atoms with van der Waals surface area (Å²) >= 11 is 1.65. The van der Waals surface area contributed by atoms with Crippen LogP contribution < -0.4 is 4.78 Å². The van der Waals surface area contributed by atoms with Crippen molar-refractivity contribution in [1.29, 1.82) is 0 Å². The van der Waals surface area contributed by atoms with Gasteiger partial charge in [0.25, 0.3) is 5.91 Å². The molecule has 1 aliphatic heterocycles. The Morgan fingerprint density at radius 1 is 1.41 bits per heavy atom. The summed E-state index contributed by atoms with van der Waals surface area (Å²) in [5.41, 5.74) is 1.26. The quantitative estimate of drug-likeness (QED) is 0.693. The highest BCUT2D eigenvalue weighted by molar-refractivity contribution is 7.18. The summed E-state index contributed by atoms with van der Waals surface area (Å²) in [4.78, 5) is 14.3. The summed E-state index contributed by atoms with van der Waals surface area (Å²) in [7, 11) is 2.05. The molecule has 0 N–H and O–H groups in total. The Labute approximate surface area is 108 Å². The van der Waals surface area contributed by atoms with E-state index >= 15 is 0 Å². The predicted octanol–water partition coefficient (Wildman–Crippen LogP) is 1.66. The molecule has 0 aromatic carbocycles. The second kappa shape index (κ2) is 4.85. The van der Waals surface area contributed by atoms with Crippen LogP contribution in [-0.4, -0.2) is 31.7 Å². The number of hydrogen-bond acceptors (Lipinski definition) is 2. The van der Waals surface area contributed by atoms with Crippen LogP contribution in [0.1, 0.15) is 43.5 Å². The highest BCUT2D eigenvalue weighted by Gasteiger charge is 2.26. The maximum Gasteiger partial charge on any atom is 0.254 e. The molecule has 1 fully saturated rings. The Kier molecular flexibility index (Phi) is 3.62. The predicted molar refractivity (Wildman–Crippen MR) is 76.0 cm³/mol. The van der Waals surface area contributed by atoms with Gasteiger partial charge in [0, 0.05) is 24.0 Å². The fraction of sp³-hybridized carbons (Fsp3) is 0.615. The number of rotatable bonds is 1. The van der Waals surface area contributed by atoms with Gasteiger partial charge in [0.2, 0.25) is 0 Å². The van der Waals surface area contributed by atoms with E-state index < -0.39 is 0 Å². The molecule has 0 bridgehead atoms. The molecule has 0 aliphatic carbocycles. The zero-order valence-corrected chi connectivity index (χ0v) is 11.8. The average molecular weight is 249 g/mol. The number of thiophene rings is 1. The summed E-state index contributed by atoms with van der Waals surface area (Å²) in [5.74, 6) is 0.215. The number of nitrogens with zero attached hydrogens (tertiary/aromatic N) is 1. The zero-order valence-electron chi connectivity index (χ0n) is 11.0. The molecule has 2 heterocycles. The minimum absolute atomic E-state index is 0.215. The SMILES string of the molecule is Bc1cc(C(=O)N2CCCC(C)(C)CC2)cs1. The largest absolute Gasteiger partial charge is 0.339 e. The van der Waals surface area contributed by atoms with Crippen LogP contribution >= 0.6 is 11.3 Å². The van der Waals surface area contributed by atoms with Crippen molar-refractivity contribution in [3.05, 3.63) is 17.0 Å². The fourth-order valence-electron chi connectivity index (χ4n) is 2.36. The second-order valence-corrected chi connectivity index (χ2v) is 6.87. The van der Waals surface area contributed by atoms with E-state index in [1.807, 2.05) is 24.2 Å². The van der Waals surface area contributed by atoms with E-state index in [-0.39, 0.29) is 5.91 Å². The van der Waals surface area contributed by atoms with Crippen molar-refractivity contribution in [2.24, 2.45) is 5.41 Å². The van der Waals surface area contributed by atoms with Crippen LogP contribution in [0.4, 0.5) is 0 Å². The van der Waals surface area contributed by atoms with E-state index in [0.717, 1.165) is 31.5 Å². The van der Waals surface area contributed by atoms with Gasteiger partial charge in [-0.25, -0.2) is 0 Å². The van der Waals surface area contributed by atoms with Gasteiger partial charge < -0.3 is 4.90 Å². The van der Waals surface area contributed by atoms with E-state index in [4.69, 9.17) is 0 Å². The van der Waals surface area contributed by atoms with Crippen molar-refractivity contribution in [2.45, 2.75) is 33.1 Å². The molecule has 1 saturated heterocycles. The summed E-state index contributed by atoms with van der Waals surface area (Å²) in [5, 5.41) is 1.98. The monoisotopic (exact) mass is 249 g/mol. The maximum atomic E-state index is 12.3. The standard InChI is InChI=1S/C13H20BNOS/c1-13(2)4-3-6-15(7-5-13)12(16)10-8-11(14)17-9-10/h8-9H,3-7,14H2,1-2H3. The van der Waals surface area contributed by atoms with Crippen LogP contribution in [0.25, 0.3) is 0 Å². The zero-order chi connectivity index (χ0) is 12.5. The van der Waals surface area contributed by atoms with Gasteiger partial charge in [0.05, 0.1) is 0 Å². The first-order chi connectivity index (χ1) is 7.98. The molecule has 0 saturated carbocycles. The van der Waals surface area contributed by atoms with Gasteiger partial charge in [-0.3, -0.25) is 4.79 Å². The van der Waals surface area contributed by atoms with Gasteiger partial charge >= 0.3 is 0 Å². The molecule has 1 aromatic rings. The molecule has 0 spiro atoms. The Bertz CT molecular complexity index is 413. The van der Waals surface area contributed by atoms with Crippen LogP contribution in [0.2, 0.25) is 0 Å². The summed E-state index contributed by atoms with van der Waals surface area (Å²) in [6, 6.07) is 2.00. The molecule has 1 amide bonds. The normalized spacial score (nSPS) is 20.0. The van der Waals surface area contributed by atoms with Crippen molar-refractivity contribution in [3.8, 4) is 0 Å². The first kappa shape index (κ1) is 12.7. The Hall–Kier alpha value is -0.765. The van der Waals surface area contributed by atoms with Crippen LogP contribution in [-0.2, 0) is 0 Å². The first-order valence-electron chi connectivity index (χ1n) is 6.32. The van der Waals surface area contributed by atoms with E-state index in [9.17, 15) is 4.79 Å². The molecule has 0 unspecified atom stereocenters. The lowest BCUT2D eigenvalue weighted by molar-refractivity contribution is 0.0758. The van der Waals surface area contributed by atoms with Crippen molar-refractivity contribution in [3.63, 3.8) is 0 Å². The van der Waals surface area contributed by atoms with Crippen molar-refractivity contribution in [1.82, 2.24) is 4.90 Å². The lowest BCUT2D eigenvalue weighted by Gasteiger charge is -2.23. The van der Waals surface area contributed by atoms with Crippen LogP contribution in [0.5, 0.6) is 0 Å². The third-order valence-electron chi connectivity index (χ3n) is 3.60. The molecule has 0 atom stereocenters. The van der Waals surface area contributed by atoms with Crippen molar-refractivity contribution < 1.29 is 4.79 Å². The molecule has 4 heteroatoms. The number of likely N-dealkylation sites (tertiary alicyclic amines) is 1. The minimum atomic E-state index is 0.215. The molecular formula is C13H20BNOS. The van der Waals surface area contributed by atoms with Gasteiger partial charge in [-0.2, -0.15) is 11.3 Å². The number of carbonyl (C=O) groups is 1. The van der Waals surface area contributed by atoms with Gasteiger partial charge in [0.15, 0.2) is 7.85 Å². The molecule has 2 rings (SSSR count). The maximum absolute atomic E-state index is 12.3. The summed E-state index contributed by atoms with van der Waals surface area (Å²) < 4.78 is 1.21. The first-order valence-corrected chi connectivity index (χ1v) is 7.20. The van der Waals surface area contributed by atoms with E-state index in [0.29, 0.717) is 5.41 Å². The molecule has 0 radical (unpaired) electrons. The van der Waals surface area contributed by atoms with Gasteiger partial charge in [0.1, 0.15) is 0 Å². The van der Waals surface area contributed by atoms with E-state index in [2.05, 4.69) is 13.8 Å². The minimum Gasteiger partial charge on any atom is -0.339 e. The lowest BCUT2D eigenvalue weighted by atomic mass is 9.85. The lowest BCUT2D eigenvalue weighted by Crippen LogP contribution is -2.32. The average Bonchev–Trinajstić information content (AvgIpc) is 2.60. The van der Waals surface area contributed by atoms with Gasteiger partial charge in [-0.15, -0.1) is 0 Å². The number of amides is 1. The van der Waals surface area contributed by atoms with Gasteiger partial charge in [-0.05, 0) is 35.5 Å². The molecule has 92 valence electrons.